The summed E-state index contributed by atoms with van der Waals surface area (Å²) in [4.78, 5) is 11.5. The van der Waals surface area contributed by atoms with Crippen molar-refractivity contribution in [2.75, 3.05) is 0 Å². The molecule has 1 saturated carbocycles. The van der Waals surface area contributed by atoms with Crippen molar-refractivity contribution < 1.29 is 9.90 Å². The van der Waals surface area contributed by atoms with Gasteiger partial charge in [0.15, 0.2) is 11.4 Å². The number of carbonyl (C=O) groups is 1. The van der Waals surface area contributed by atoms with Gasteiger partial charge in [0.2, 0.25) is 0 Å². The van der Waals surface area contributed by atoms with Gasteiger partial charge in [-0.3, -0.25) is 0 Å². The normalized spacial score (nSPS) is 19.8. The minimum absolute atomic E-state index is 0.146. The number of tetrazole rings is 1. The highest BCUT2D eigenvalue weighted by Gasteiger charge is 2.49. The largest absolute Gasteiger partial charge is 0.479 e. The van der Waals surface area contributed by atoms with E-state index in [1.807, 2.05) is 0 Å². The fourth-order valence-corrected chi connectivity index (χ4v) is 2.27. The molecular formula is C13H22N4O2. The minimum atomic E-state index is -0.906. The Morgan fingerprint density at radius 1 is 1.47 bits per heavy atom. The van der Waals surface area contributed by atoms with E-state index >= 15 is 0 Å². The third-order valence-electron chi connectivity index (χ3n) is 4.49. The second-order valence-electron chi connectivity index (χ2n) is 6.67. The van der Waals surface area contributed by atoms with Gasteiger partial charge in [-0.15, -0.1) is 5.10 Å². The summed E-state index contributed by atoms with van der Waals surface area (Å²) in [6.07, 6.45) is 2.85. The number of aliphatic carboxylic acids is 1. The monoisotopic (exact) mass is 266 g/mol. The Balaban J connectivity index is 2.26. The molecule has 0 amide bonds. The molecule has 1 atom stereocenters. The molecule has 1 aliphatic carbocycles. The molecule has 1 N–H and O–H groups in total. The summed E-state index contributed by atoms with van der Waals surface area (Å²) < 4.78 is 1.54. The molecule has 1 aromatic rings. The summed E-state index contributed by atoms with van der Waals surface area (Å²) >= 11 is 0. The van der Waals surface area contributed by atoms with Crippen LogP contribution in [-0.2, 0) is 16.8 Å². The number of carboxylic acid groups (broad SMARTS) is 1. The highest BCUT2D eigenvalue weighted by molar-refractivity contribution is 5.77. The standard InChI is InChI=1S/C13H22N4O2/c1-9(12(2,3)4)8-10-14-15-16-17(10)13(11(18)19)6-5-7-13/h9H,5-8H2,1-4H3,(H,18,19). The van der Waals surface area contributed by atoms with Crippen molar-refractivity contribution in [3.63, 3.8) is 0 Å². The average Bonchev–Trinajstić information content (AvgIpc) is 2.63. The zero-order chi connectivity index (χ0) is 14.3. The zero-order valence-electron chi connectivity index (χ0n) is 12.1. The highest BCUT2D eigenvalue weighted by Crippen LogP contribution is 2.40. The predicted molar refractivity (Wildman–Crippen MR) is 69.6 cm³/mol. The van der Waals surface area contributed by atoms with Gasteiger partial charge in [0.05, 0.1) is 0 Å². The fraction of sp³-hybridized carbons (Fsp3) is 0.846. The van der Waals surface area contributed by atoms with Gasteiger partial charge in [0.25, 0.3) is 0 Å². The molecule has 2 rings (SSSR count). The number of hydrogen-bond donors (Lipinski definition) is 1. The third-order valence-corrected chi connectivity index (χ3v) is 4.49. The van der Waals surface area contributed by atoms with E-state index in [0.29, 0.717) is 31.0 Å². The van der Waals surface area contributed by atoms with E-state index in [2.05, 4.69) is 43.2 Å². The molecule has 0 bridgehead atoms. The molecule has 0 radical (unpaired) electrons. The van der Waals surface area contributed by atoms with Crippen molar-refractivity contribution in [2.45, 2.75) is 58.9 Å². The van der Waals surface area contributed by atoms with Gasteiger partial charge >= 0.3 is 5.97 Å². The average molecular weight is 266 g/mol. The summed E-state index contributed by atoms with van der Waals surface area (Å²) in [5.41, 5.74) is -0.761. The Hall–Kier alpha value is -1.46. The maximum absolute atomic E-state index is 11.5. The molecule has 1 aromatic heterocycles. The van der Waals surface area contributed by atoms with Gasteiger partial charge in [0, 0.05) is 6.42 Å². The Bertz CT molecular complexity index is 471. The van der Waals surface area contributed by atoms with Gasteiger partial charge in [-0.25, -0.2) is 9.48 Å². The van der Waals surface area contributed by atoms with Crippen molar-refractivity contribution in [1.82, 2.24) is 20.2 Å². The van der Waals surface area contributed by atoms with E-state index in [-0.39, 0.29) is 5.41 Å². The molecule has 1 aliphatic rings. The van der Waals surface area contributed by atoms with Crippen LogP contribution in [0.3, 0.4) is 0 Å². The molecule has 1 fully saturated rings. The van der Waals surface area contributed by atoms with Gasteiger partial charge in [-0.05, 0) is 41.0 Å². The number of rotatable bonds is 4. The fourth-order valence-electron chi connectivity index (χ4n) is 2.27. The summed E-state index contributed by atoms with van der Waals surface area (Å²) in [5.74, 6) is 0.239. The van der Waals surface area contributed by atoms with Crippen LogP contribution in [0.25, 0.3) is 0 Å². The molecular weight excluding hydrogens is 244 g/mol. The van der Waals surface area contributed by atoms with Crippen LogP contribution in [0.2, 0.25) is 0 Å². The maximum atomic E-state index is 11.5. The van der Waals surface area contributed by atoms with Crippen LogP contribution in [0, 0.1) is 11.3 Å². The lowest BCUT2D eigenvalue weighted by Crippen LogP contribution is -2.49. The Morgan fingerprint density at radius 2 is 2.11 bits per heavy atom. The van der Waals surface area contributed by atoms with Crippen LogP contribution in [0.1, 0.15) is 52.8 Å². The summed E-state index contributed by atoms with van der Waals surface area (Å²) in [6, 6.07) is 0. The summed E-state index contributed by atoms with van der Waals surface area (Å²) in [5, 5.41) is 21.1. The van der Waals surface area contributed by atoms with E-state index in [9.17, 15) is 9.90 Å². The van der Waals surface area contributed by atoms with Crippen molar-refractivity contribution >= 4 is 5.97 Å². The predicted octanol–water partition coefficient (Wildman–Crippen LogP) is 1.86. The SMILES string of the molecule is CC(Cc1nnnn1C1(C(=O)O)CCC1)C(C)(C)C. The number of carboxylic acids is 1. The third kappa shape index (κ3) is 2.35. The van der Waals surface area contributed by atoms with Crippen LogP contribution in [-0.4, -0.2) is 31.3 Å². The van der Waals surface area contributed by atoms with E-state index in [1.165, 1.54) is 0 Å². The first kappa shape index (κ1) is 14.0. The lowest BCUT2D eigenvalue weighted by atomic mass is 9.76. The second-order valence-corrected chi connectivity index (χ2v) is 6.67. The topological polar surface area (TPSA) is 80.9 Å². The van der Waals surface area contributed by atoms with Crippen molar-refractivity contribution in [3.8, 4) is 0 Å². The molecule has 19 heavy (non-hydrogen) atoms. The molecule has 6 heteroatoms. The lowest BCUT2D eigenvalue weighted by molar-refractivity contribution is -0.153. The van der Waals surface area contributed by atoms with Crippen LogP contribution in [0.15, 0.2) is 0 Å². The molecule has 1 unspecified atom stereocenters. The van der Waals surface area contributed by atoms with Gasteiger partial charge in [0.1, 0.15) is 0 Å². The van der Waals surface area contributed by atoms with E-state index in [4.69, 9.17) is 0 Å². The van der Waals surface area contributed by atoms with E-state index in [1.54, 1.807) is 4.68 Å². The summed E-state index contributed by atoms with van der Waals surface area (Å²) in [6.45, 7) is 8.65. The second kappa shape index (κ2) is 4.58. The quantitative estimate of drug-likeness (QED) is 0.899. The summed E-state index contributed by atoms with van der Waals surface area (Å²) in [7, 11) is 0. The Morgan fingerprint density at radius 3 is 2.53 bits per heavy atom. The highest BCUT2D eigenvalue weighted by atomic mass is 16.4. The van der Waals surface area contributed by atoms with Crippen molar-refractivity contribution in [1.29, 1.82) is 0 Å². The molecule has 1 heterocycles. The van der Waals surface area contributed by atoms with Crippen molar-refractivity contribution in [2.24, 2.45) is 11.3 Å². The van der Waals surface area contributed by atoms with E-state index in [0.717, 1.165) is 6.42 Å². The molecule has 0 spiro atoms. The molecule has 106 valence electrons. The van der Waals surface area contributed by atoms with Crippen molar-refractivity contribution in [3.05, 3.63) is 5.82 Å². The van der Waals surface area contributed by atoms with Crippen LogP contribution >= 0.6 is 0 Å². The number of nitrogens with zero attached hydrogens (tertiary/aromatic N) is 4. The molecule has 0 aliphatic heterocycles. The van der Waals surface area contributed by atoms with Gasteiger partial charge < -0.3 is 5.11 Å². The maximum Gasteiger partial charge on any atom is 0.331 e. The van der Waals surface area contributed by atoms with Gasteiger partial charge in [-0.2, -0.15) is 0 Å². The van der Waals surface area contributed by atoms with Crippen LogP contribution in [0.5, 0.6) is 0 Å². The first-order valence-electron chi connectivity index (χ1n) is 6.78. The molecule has 6 nitrogen and oxygen atoms in total. The van der Waals surface area contributed by atoms with Crippen LogP contribution in [0.4, 0.5) is 0 Å². The van der Waals surface area contributed by atoms with Gasteiger partial charge in [-0.1, -0.05) is 27.7 Å². The number of hydrogen-bond acceptors (Lipinski definition) is 4. The first-order chi connectivity index (χ1) is 8.77. The van der Waals surface area contributed by atoms with Crippen LogP contribution < -0.4 is 0 Å². The smallest absolute Gasteiger partial charge is 0.331 e. The Kier molecular flexibility index (Phi) is 3.36. The lowest BCUT2D eigenvalue weighted by Gasteiger charge is -2.38. The zero-order valence-corrected chi connectivity index (χ0v) is 12.1. The molecule has 0 aromatic carbocycles. The first-order valence-corrected chi connectivity index (χ1v) is 6.78. The van der Waals surface area contributed by atoms with E-state index < -0.39 is 11.5 Å². The Labute approximate surface area is 113 Å². The minimum Gasteiger partial charge on any atom is -0.479 e. The number of aromatic nitrogens is 4. The molecule has 0 saturated heterocycles.